The van der Waals surface area contributed by atoms with E-state index in [9.17, 15) is 14.0 Å². The Morgan fingerprint density at radius 1 is 1.43 bits per heavy atom. The molecule has 1 aromatic carbocycles. The molecule has 0 bridgehead atoms. The number of nitrogens with zero attached hydrogens (tertiary/aromatic N) is 1. The van der Waals surface area contributed by atoms with Gasteiger partial charge in [0, 0.05) is 23.4 Å². The summed E-state index contributed by atoms with van der Waals surface area (Å²) in [6.07, 6.45) is 3.17. The predicted molar refractivity (Wildman–Crippen MR) is 86.9 cm³/mol. The zero-order valence-corrected chi connectivity index (χ0v) is 14.0. The summed E-state index contributed by atoms with van der Waals surface area (Å²) in [7, 11) is 1.54. The predicted octanol–water partition coefficient (Wildman–Crippen LogP) is 2.77. The van der Waals surface area contributed by atoms with E-state index in [1.807, 2.05) is 6.07 Å². The molecule has 4 nitrogen and oxygen atoms in total. The maximum absolute atomic E-state index is 14.3. The van der Waals surface area contributed by atoms with Crippen molar-refractivity contribution in [2.45, 2.75) is 18.3 Å². The molecule has 1 atom stereocenters. The van der Waals surface area contributed by atoms with Gasteiger partial charge in [-0.3, -0.25) is 14.6 Å². The van der Waals surface area contributed by atoms with Gasteiger partial charge in [-0.15, -0.1) is 0 Å². The van der Waals surface area contributed by atoms with Gasteiger partial charge < -0.3 is 5.32 Å². The van der Waals surface area contributed by atoms with Crippen molar-refractivity contribution in [3.05, 3.63) is 63.1 Å². The number of amides is 1. The molecule has 6 heteroatoms. The summed E-state index contributed by atoms with van der Waals surface area (Å²) >= 11 is 3.26. The Morgan fingerprint density at radius 2 is 2.22 bits per heavy atom. The molecule has 0 spiro atoms. The number of rotatable bonds is 3. The molecular weight excluding hydrogens is 363 g/mol. The van der Waals surface area contributed by atoms with Gasteiger partial charge in [-0.1, -0.05) is 22.0 Å². The standard InChI is InChI=1S/C17H14BrFN2O2/c1-20-16(23)17(5-4-15-12(17)3-2-6-21-15)13-7-10(18)8-14(19)11(13)9-22/h2-3,6-9H,4-5H2,1H3,(H,20,23). The number of likely N-dealkylation sites (N-methyl/N-ethyl adjacent to an activating group) is 1. The Bertz CT molecular complexity index is 809. The number of carbonyl (C=O) groups excluding carboxylic acids is 2. The van der Waals surface area contributed by atoms with Gasteiger partial charge in [-0.2, -0.15) is 0 Å². The molecule has 0 radical (unpaired) electrons. The quantitative estimate of drug-likeness (QED) is 0.837. The number of aromatic nitrogens is 1. The van der Waals surface area contributed by atoms with Crippen LogP contribution in [0.4, 0.5) is 4.39 Å². The molecule has 2 aromatic rings. The van der Waals surface area contributed by atoms with Gasteiger partial charge in [-0.05, 0) is 42.2 Å². The summed E-state index contributed by atoms with van der Waals surface area (Å²) in [5, 5.41) is 2.66. The van der Waals surface area contributed by atoms with Gasteiger partial charge in [0.25, 0.3) is 0 Å². The summed E-state index contributed by atoms with van der Waals surface area (Å²) in [6, 6.07) is 6.43. The molecule has 1 aliphatic carbocycles. The number of pyridine rings is 1. The third-order valence-electron chi connectivity index (χ3n) is 4.37. The summed E-state index contributed by atoms with van der Waals surface area (Å²) in [6.45, 7) is 0. The average molecular weight is 377 g/mol. The number of halogens is 2. The highest BCUT2D eigenvalue weighted by Crippen LogP contribution is 2.45. The van der Waals surface area contributed by atoms with Crippen LogP contribution in [0.15, 0.2) is 34.9 Å². The van der Waals surface area contributed by atoms with Crippen molar-refractivity contribution in [1.82, 2.24) is 10.3 Å². The number of nitrogens with one attached hydrogen (secondary N) is 1. The van der Waals surface area contributed by atoms with Crippen LogP contribution >= 0.6 is 15.9 Å². The van der Waals surface area contributed by atoms with Gasteiger partial charge in [0.05, 0.1) is 5.56 Å². The summed E-state index contributed by atoms with van der Waals surface area (Å²) in [5.41, 5.74) is 0.686. The van der Waals surface area contributed by atoms with Crippen molar-refractivity contribution in [1.29, 1.82) is 0 Å². The molecule has 1 N–H and O–H groups in total. The van der Waals surface area contributed by atoms with Crippen LogP contribution in [0.3, 0.4) is 0 Å². The third kappa shape index (κ3) is 2.28. The van der Waals surface area contributed by atoms with Crippen LogP contribution in [0.1, 0.15) is 33.6 Å². The third-order valence-corrected chi connectivity index (χ3v) is 4.83. The van der Waals surface area contributed by atoms with Crippen LogP contribution in [0.5, 0.6) is 0 Å². The van der Waals surface area contributed by atoms with E-state index in [0.717, 1.165) is 11.3 Å². The maximum Gasteiger partial charge on any atom is 0.234 e. The number of fused-ring (bicyclic) bond motifs is 1. The van der Waals surface area contributed by atoms with Gasteiger partial charge in [0.1, 0.15) is 11.2 Å². The molecule has 3 rings (SSSR count). The van der Waals surface area contributed by atoms with Crippen molar-refractivity contribution in [3.63, 3.8) is 0 Å². The summed E-state index contributed by atoms with van der Waals surface area (Å²) in [4.78, 5) is 28.6. The first-order valence-electron chi connectivity index (χ1n) is 7.16. The van der Waals surface area contributed by atoms with Crippen LogP contribution in [0, 0.1) is 5.82 Å². The minimum absolute atomic E-state index is 0.0893. The second-order valence-corrected chi connectivity index (χ2v) is 6.36. The minimum Gasteiger partial charge on any atom is -0.358 e. The molecule has 1 heterocycles. The highest BCUT2D eigenvalue weighted by atomic mass is 79.9. The maximum atomic E-state index is 14.3. The fourth-order valence-electron chi connectivity index (χ4n) is 3.38. The van der Waals surface area contributed by atoms with Crippen LogP contribution in [-0.4, -0.2) is 24.2 Å². The number of carbonyl (C=O) groups is 2. The van der Waals surface area contributed by atoms with Gasteiger partial charge in [-0.25, -0.2) is 4.39 Å². The Labute approximate surface area is 141 Å². The normalized spacial score (nSPS) is 19.3. The van der Waals surface area contributed by atoms with E-state index < -0.39 is 11.2 Å². The summed E-state index contributed by atoms with van der Waals surface area (Å²) in [5.74, 6) is -0.921. The SMILES string of the molecule is CNC(=O)C1(c2cc(Br)cc(F)c2C=O)CCc2ncccc21. The molecule has 0 saturated heterocycles. The monoisotopic (exact) mass is 376 g/mol. The largest absolute Gasteiger partial charge is 0.358 e. The minimum atomic E-state index is -1.11. The highest BCUT2D eigenvalue weighted by Gasteiger charge is 2.48. The smallest absolute Gasteiger partial charge is 0.234 e. The lowest BCUT2D eigenvalue weighted by Crippen LogP contribution is -2.43. The molecule has 0 saturated carbocycles. The first kappa shape index (κ1) is 15.8. The Hall–Kier alpha value is -2.08. The van der Waals surface area contributed by atoms with Crippen molar-refractivity contribution in [2.24, 2.45) is 0 Å². The van der Waals surface area contributed by atoms with Crippen molar-refractivity contribution in [2.75, 3.05) is 7.05 Å². The highest BCUT2D eigenvalue weighted by molar-refractivity contribution is 9.10. The molecule has 1 aromatic heterocycles. The lowest BCUT2D eigenvalue weighted by atomic mass is 9.73. The van der Waals surface area contributed by atoms with Gasteiger partial charge in [0.15, 0.2) is 6.29 Å². The second kappa shape index (κ2) is 5.85. The average Bonchev–Trinajstić information content (AvgIpc) is 2.94. The van der Waals surface area contributed by atoms with E-state index in [2.05, 4.69) is 26.2 Å². The van der Waals surface area contributed by atoms with Crippen molar-refractivity contribution < 1.29 is 14.0 Å². The van der Waals surface area contributed by atoms with Crippen molar-refractivity contribution in [3.8, 4) is 0 Å². The first-order valence-corrected chi connectivity index (χ1v) is 7.95. The molecule has 0 aliphatic heterocycles. The van der Waals surface area contributed by atoms with Crippen LogP contribution in [-0.2, 0) is 16.6 Å². The first-order chi connectivity index (χ1) is 11.0. The van der Waals surface area contributed by atoms with Crippen LogP contribution in [0.25, 0.3) is 0 Å². The fourth-order valence-corrected chi connectivity index (χ4v) is 3.81. The number of aldehydes is 1. The zero-order valence-electron chi connectivity index (χ0n) is 12.4. The van der Waals surface area contributed by atoms with Gasteiger partial charge >= 0.3 is 0 Å². The van der Waals surface area contributed by atoms with E-state index >= 15 is 0 Å². The van der Waals surface area contributed by atoms with E-state index in [1.54, 1.807) is 18.3 Å². The molecule has 1 amide bonds. The molecule has 23 heavy (non-hydrogen) atoms. The summed E-state index contributed by atoms with van der Waals surface area (Å²) < 4.78 is 14.8. The van der Waals surface area contributed by atoms with E-state index in [-0.39, 0.29) is 11.5 Å². The second-order valence-electron chi connectivity index (χ2n) is 5.45. The molecule has 1 aliphatic rings. The number of hydrogen-bond donors (Lipinski definition) is 1. The van der Waals surface area contributed by atoms with Crippen LogP contribution < -0.4 is 5.32 Å². The lowest BCUT2D eigenvalue weighted by molar-refractivity contribution is -0.124. The molecule has 0 fully saturated rings. The topological polar surface area (TPSA) is 59.1 Å². The Morgan fingerprint density at radius 3 is 2.91 bits per heavy atom. The van der Waals surface area contributed by atoms with Crippen LogP contribution in [0.2, 0.25) is 0 Å². The molecule has 1 unspecified atom stereocenters. The molecule has 118 valence electrons. The Balaban J connectivity index is 2.37. The van der Waals surface area contributed by atoms with E-state index in [4.69, 9.17) is 0 Å². The zero-order chi connectivity index (χ0) is 16.6. The number of benzene rings is 1. The Kier molecular flexibility index (Phi) is 4.02. The van der Waals surface area contributed by atoms with E-state index in [1.165, 1.54) is 13.1 Å². The van der Waals surface area contributed by atoms with Gasteiger partial charge in [0.2, 0.25) is 5.91 Å². The van der Waals surface area contributed by atoms with Crippen molar-refractivity contribution >= 4 is 28.1 Å². The fraction of sp³-hybridized carbons (Fsp3) is 0.235. The number of aryl methyl sites for hydroxylation is 1. The number of hydrogen-bond acceptors (Lipinski definition) is 3. The lowest BCUT2D eigenvalue weighted by Gasteiger charge is -2.30. The molecular formula is C17H14BrFN2O2. The van der Waals surface area contributed by atoms with E-state index in [0.29, 0.717) is 29.2 Å².